The van der Waals surface area contributed by atoms with Gasteiger partial charge in [-0.25, -0.2) is 0 Å². The van der Waals surface area contributed by atoms with Gasteiger partial charge < -0.3 is 25.2 Å². The molecule has 3 amide bonds. The first-order valence-corrected chi connectivity index (χ1v) is 12.4. The zero-order valence-corrected chi connectivity index (χ0v) is 21.3. The summed E-state index contributed by atoms with van der Waals surface area (Å²) in [6.07, 6.45) is -0.0773. The molecule has 0 aromatic heterocycles. The van der Waals surface area contributed by atoms with E-state index in [0.717, 1.165) is 48.7 Å². The van der Waals surface area contributed by atoms with Crippen molar-refractivity contribution >= 4 is 29.1 Å². The summed E-state index contributed by atoms with van der Waals surface area (Å²) in [5.74, 6) is 0.136. The first-order chi connectivity index (χ1) is 17.4. The summed E-state index contributed by atoms with van der Waals surface area (Å²) in [6.45, 7) is 8.00. The zero-order chi connectivity index (χ0) is 25.7. The van der Waals surface area contributed by atoms with Crippen LogP contribution in [0.25, 0.3) is 0 Å². The number of carbonyl (C=O) groups excluding carboxylic acids is 3. The van der Waals surface area contributed by atoms with Gasteiger partial charge in [0.25, 0.3) is 0 Å². The van der Waals surface area contributed by atoms with Crippen LogP contribution in [0.2, 0.25) is 0 Å². The summed E-state index contributed by atoms with van der Waals surface area (Å²) in [5.41, 5.74) is 3.95. The number of nitrogens with zero attached hydrogens (tertiary/aromatic N) is 3. The van der Waals surface area contributed by atoms with Crippen LogP contribution in [0.15, 0.2) is 42.5 Å². The summed E-state index contributed by atoms with van der Waals surface area (Å²) < 4.78 is 5.48. The lowest BCUT2D eigenvalue weighted by Gasteiger charge is -2.39. The predicted molar refractivity (Wildman–Crippen MR) is 139 cm³/mol. The van der Waals surface area contributed by atoms with Gasteiger partial charge in [-0.3, -0.25) is 19.3 Å². The molecule has 2 aliphatic heterocycles. The number of ether oxygens (including phenoxy) is 1. The van der Waals surface area contributed by atoms with Crippen LogP contribution in [-0.2, 0) is 14.4 Å². The number of hydrogen-bond acceptors (Lipinski definition) is 6. The molecule has 0 radical (unpaired) electrons. The van der Waals surface area contributed by atoms with E-state index in [1.54, 1.807) is 12.0 Å². The van der Waals surface area contributed by atoms with Gasteiger partial charge in [-0.2, -0.15) is 0 Å². The molecule has 2 aliphatic rings. The Morgan fingerprint density at radius 1 is 1.03 bits per heavy atom. The number of aryl methyl sites for hydroxylation is 2. The molecule has 9 nitrogen and oxygen atoms in total. The molecule has 0 spiro atoms. The van der Waals surface area contributed by atoms with Crippen molar-refractivity contribution in [2.24, 2.45) is 0 Å². The fourth-order valence-corrected chi connectivity index (χ4v) is 4.74. The summed E-state index contributed by atoms with van der Waals surface area (Å²) in [5, 5.41) is 5.66. The second-order valence-corrected chi connectivity index (χ2v) is 9.38. The molecule has 4 rings (SSSR count). The molecular formula is C27H35N5O4. The number of piperazine rings is 2. The molecule has 9 heteroatoms. The molecule has 2 heterocycles. The second-order valence-electron chi connectivity index (χ2n) is 9.38. The van der Waals surface area contributed by atoms with Crippen LogP contribution in [-0.4, -0.2) is 86.5 Å². The maximum absolute atomic E-state index is 13.2. The van der Waals surface area contributed by atoms with Gasteiger partial charge in [0.05, 0.1) is 25.8 Å². The van der Waals surface area contributed by atoms with Gasteiger partial charge in [0.1, 0.15) is 11.8 Å². The highest BCUT2D eigenvalue weighted by molar-refractivity contribution is 5.97. The zero-order valence-electron chi connectivity index (χ0n) is 21.3. The number of para-hydroxylation sites is 2. The van der Waals surface area contributed by atoms with Gasteiger partial charge in [-0.1, -0.05) is 18.2 Å². The Morgan fingerprint density at radius 2 is 1.78 bits per heavy atom. The minimum absolute atomic E-state index is 0.0773. The summed E-state index contributed by atoms with van der Waals surface area (Å²) in [4.78, 5) is 44.5. The smallest absolute Gasteiger partial charge is 0.243 e. The predicted octanol–water partition coefficient (Wildman–Crippen LogP) is 1.79. The molecule has 0 unspecified atom stereocenters. The molecule has 0 saturated carbocycles. The van der Waals surface area contributed by atoms with Gasteiger partial charge in [-0.05, 0) is 49.2 Å². The van der Waals surface area contributed by atoms with Gasteiger partial charge >= 0.3 is 0 Å². The average Bonchev–Trinajstić information content (AvgIpc) is 2.88. The van der Waals surface area contributed by atoms with Crippen molar-refractivity contribution < 1.29 is 19.1 Å². The van der Waals surface area contributed by atoms with Gasteiger partial charge in [-0.15, -0.1) is 0 Å². The van der Waals surface area contributed by atoms with Crippen LogP contribution in [0.4, 0.5) is 11.4 Å². The molecular weight excluding hydrogens is 458 g/mol. The maximum atomic E-state index is 13.2. The van der Waals surface area contributed by atoms with Gasteiger partial charge in [0.15, 0.2) is 0 Å². The third-order valence-electron chi connectivity index (χ3n) is 6.98. The molecule has 36 heavy (non-hydrogen) atoms. The van der Waals surface area contributed by atoms with Crippen molar-refractivity contribution in [3.63, 3.8) is 0 Å². The number of nitrogens with one attached hydrogen (secondary N) is 2. The molecule has 2 fully saturated rings. The van der Waals surface area contributed by atoms with Crippen LogP contribution in [0, 0.1) is 13.8 Å². The normalized spacial score (nSPS) is 18.5. The standard InChI is InChI=1S/C27H35N5O4/c1-19-8-9-21(16-20(19)2)29-25(33)17-23-27(35)28-10-11-32(23)26(34)18-30-12-14-31(15-13-30)22-6-4-5-7-24(22)36-3/h4-9,16,23H,10-15,17-18H2,1-3H3,(H,28,35)(H,29,33)/t23-/m1/s1. The first kappa shape index (κ1) is 25.5. The monoisotopic (exact) mass is 493 g/mol. The Bertz CT molecular complexity index is 1110. The number of anilines is 2. The molecule has 2 saturated heterocycles. The Morgan fingerprint density at radius 3 is 2.50 bits per heavy atom. The number of carbonyl (C=O) groups is 3. The molecule has 0 aliphatic carbocycles. The lowest BCUT2D eigenvalue weighted by Crippen LogP contribution is -2.60. The molecule has 2 aromatic rings. The highest BCUT2D eigenvalue weighted by atomic mass is 16.5. The Balaban J connectivity index is 1.33. The number of rotatable bonds is 7. The minimum Gasteiger partial charge on any atom is -0.495 e. The van der Waals surface area contributed by atoms with Crippen molar-refractivity contribution in [1.82, 2.24) is 15.1 Å². The quantitative estimate of drug-likeness (QED) is 0.611. The van der Waals surface area contributed by atoms with E-state index in [2.05, 4.69) is 20.4 Å². The lowest BCUT2D eigenvalue weighted by molar-refractivity contribution is -0.145. The highest BCUT2D eigenvalue weighted by Crippen LogP contribution is 2.28. The van der Waals surface area contributed by atoms with E-state index >= 15 is 0 Å². The van der Waals surface area contributed by atoms with Crippen molar-refractivity contribution in [2.45, 2.75) is 26.3 Å². The van der Waals surface area contributed by atoms with E-state index < -0.39 is 6.04 Å². The summed E-state index contributed by atoms with van der Waals surface area (Å²) >= 11 is 0. The van der Waals surface area contributed by atoms with Crippen LogP contribution >= 0.6 is 0 Å². The van der Waals surface area contributed by atoms with E-state index in [-0.39, 0.29) is 30.7 Å². The SMILES string of the molecule is COc1ccccc1N1CCN(CC(=O)N2CCNC(=O)[C@H]2CC(=O)Nc2ccc(C)c(C)c2)CC1. The number of hydrogen-bond donors (Lipinski definition) is 2. The summed E-state index contributed by atoms with van der Waals surface area (Å²) in [7, 11) is 1.67. The number of methoxy groups -OCH3 is 1. The molecule has 0 bridgehead atoms. The maximum Gasteiger partial charge on any atom is 0.243 e. The minimum atomic E-state index is -0.812. The summed E-state index contributed by atoms with van der Waals surface area (Å²) in [6, 6.07) is 12.8. The van der Waals surface area contributed by atoms with Crippen LogP contribution in [0.1, 0.15) is 17.5 Å². The fourth-order valence-electron chi connectivity index (χ4n) is 4.74. The third-order valence-corrected chi connectivity index (χ3v) is 6.98. The average molecular weight is 494 g/mol. The van der Waals surface area contributed by atoms with E-state index in [0.29, 0.717) is 18.8 Å². The van der Waals surface area contributed by atoms with Crippen LogP contribution < -0.4 is 20.3 Å². The van der Waals surface area contributed by atoms with Crippen molar-refractivity contribution in [3.8, 4) is 5.75 Å². The van der Waals surface area contributed by atoms with E-state index in [9.17, 15) is 14.4 Å². The fraction of sp³-hybridized carbons (Fsp3) is 0.444. The third kappa shape index (κ3) is 5.96. The van der Waals surface area contributed by atoms with Gasteiger partial charge in [0, 0.05) is 45.0 Å². The van der Waals surface area contributed by atoms with E-state index in [1.165, 1.54) is 0 Å². The van der Waals surface area contributed by atoms with Crippen molar-refractivity contribution in [1.29, 1.82) is 0 Å². The Kier molecular flexibility index (Phi) is 8.10. The second kappa shape index (κ2) is 11.4. The van der Waals surface area contributed by atoms with Gasteiger partial charge in [0.2, 0.25) is 17.7 Å². The molecule has 1 atom stereocenters. The molecule has 2 N–H and O–H groups in total. The largest absolute Gasteiger partial charge is 0.495 e. The highest BCUT2D eigenvalue weighted by Gasteiger charge is 2.35. The number of amides is 3. The lowest BCUT2D eigenvalue weighted by atomic mass is 10.1. The van der Waals surface area contributed by atoms with Crippen LogP contribution in [0.3, 0.4) is 0 Å². The molecule has 192 valence electrons. The number of benzene rings is 2. The van der Waals surface area contributed by atoms with Crippen LogP contribution in [0.5, 0.6) is 5.75 Å². The van der Waals surface area contributed by atoms with Crippen molar-refractivity contribution in [3.05, 3.63) is 53.6 Å². The van der Waals surface area contributed by atoms with Crippen molar-refractivity contribution in [2.75, 3.05) is 63.1 Å². The molecule has 2 aromatic carbocycles. The topological polar surface area (TPSA) is 94.2 Å². The first-order valence-electron chi connectivity index (χ1n) is 12.4. The van der Waals surface area contributed by atoms with E-state index in [1.807, 2.05) is 56.3 Å². The Hall–Kier alpha value is -3.59. The van der Waals surface area contributed by atoms with E-state index in [4.69, 9.17) is 4.74 Å². The Labute approximate surface area is 212 Å².